The van der Waals surface area contributed by atoms with Crippen molar-refractivity contribution in [3.63, 3.8) is 0 Å². The van der Waals surface area contributed by atoms with E-state index in [0.717, 1.165) is 14.7 Å². The number of carbonyl (C=O) groups is 1. The van der Waals surface area contributed by atoms with Crippen molar-refractivity contribution in [1.82, 2.24) is 14.3 Å². The highest BCUT2D eigenvalue weighted by molar-refractivity contribution is 7.90. The van der Waals surface area contributed by atoms with Crippen LogP contribution < -0.4 is 5.56 Å². The summed E-state index contributed by atoms with van der Waals surface area (Å²) < 4.78 is 25.9. The van der Waals surface area contributed by atoms with Crippen molar-refractivity contribution < 1.29 is 13.2 Å². The van der Waals surface area contributed by atoms with E-state index in [0.29, 0.717) is 10.2 Å². The van der Waals surface area contributed by atoms with E-state index in [1.165, 1.54) is 23.5 Å². The lowest BCUT2D eigenvalue weighted by molar-refractivity contribution is 0.0862. The molecule has 128 valence electrons. The van der Waals surface area contributed by atoms with Crippen LogP contribution in [-0.2, 0) is 16.6 Å². The van der Waals surface area contributed by atoms with E-state index in [4.69, 9.17) is 0 Å². The van der Waals surface area contributed by atoms with Gasteiger partial charge >= 0.3 is 0 Å². The Kier molecular flexibility index (Phi) is 3.35. The molecular formula is C16H13N3O4S2. The third kappa shape index (κ3) is 2.23. The van der Waals surface area contributed by atoms with Gasteiger partial charge in [0.1, 0.15) is 15.6 Å². The summed E-state index contributed by atoms with van der Waals surface area (Å²) in [6.45, 7) is 3.43. The Labute approximate surface area is 147 Å². The van der Waals surface area contributed by atoms with Gasteiger partial charge in [0.2, 0.25) is 0 Å². The third-order valence-corrected chi connectivity index (χ3v) is 7.18. The summed E-state index contributed by atoms with van der Waals surface area (Å²) in [7, 11) is -3.94. The van der Waals surface area contributed by atoms with Crippen molar-refractivity contribution in [1.29, 1.82) is 0 Å². The number of amides is 1. The number of benzene rings is 1. The summed E-state index contributed by atoms with van der Waals surface area (Å²) in [4.78, 5) is 33.2. The van der Waals surface area contributed by atoms with Gasteiger partial charge in [-0.15, -0.1) is 11.3 Å². The molecule has 0 bridgehead atoms. The average molecular weight is 375 g/mol. The summed E-state index contributed by atoms with van der Waals surface area (Å²) in [6.07, 6.45) is 0. The molecule has 1 aromatic carbocycles. The van der Waals surface area contributed by atoms with Crippen LogP contribution in [0.2, 0.25) is 0 Å². The van der Waals surface area contributed by atoms with Crippen LogP contribution >= 0.6 is 11.3 Å². The molecule has 0 saturated carbocycles. The molecule has 0 unspecified atom stereocenters. The Morgan fingerprint density at radius 3 is 2.64 bits per heavy atom. The standard InChI is InChI=1S/C16H13N3O4S2/c1-8-9(2)24-15-13(8)14(20)17-12(18-15)7-19-16(21)10-5-3-4-6-11(10)25(19,22)23/h3-6H,7H2,1-2H3,(H,17,18,20). The number of thiophene rings is 1. The maximum atomic E-state index is 12.6. The van der Waals surface area contributed by atoms with Crippen LogP contribution in [0.4, 0.5) is 0 Å². The van der Waals surface area contributed by atoms with Gasteiger partial charge in [0, 0.05) is 4.88 Å². The van der Waals surface area contributed by atoms with E-state index in [1.54, 1.807) is 12.1 Å². The molecule has 7 nitrogen and oxygen atoms in total. The smallest absolute Gasteiger partial charge is 0.269 e. The molecule has 0 radical (unpaired) electrons. The number of rotatable bonds is 2. The topological polar surface area (TPSA) is 100 Å². The number of aromatic nitrogens is 2. The van der Waals surface area contributed by atoms with Gasteiger partial charge < -0.3 is 4.98 Å². The fourth-order valence-electron chi connectivity index (χ4n) is 2.90. The fraction of sp³-hybridized carbons (Fsp3) is 0.188. The molecule has 0 saturated heterocycles. The monoisotopic (exact) mass is 375 g/mol. The first kappa shape index (κ1) is 16.0. The lowest BCUT2D eigenvalue weighted by atomic mass is 10.2. The van der Waals surface area contributed by atoms with Crippen LogP contribution in [0.15, 0.2) is 34.0 Å². The first-order chi connectivity index (χ1) is 11.8. The maximum absolute atomic E-state index is 12.6. The number of carbonyl (C=O) groups excluding carboxylic acids is 1. The minimum atomic E-state index is -3.94. The summed E-state index contributed by atoms with van der Waals surface area (Å²) in [5.74, 6) is -0.472. The quantitative estimate of drug-likeness (QED) is 0.738. The Morgan fingerprint density at radius 1 is 1.20 bits per heavy atom. The van der Waals surface area contributed by atoms with Gasteiger partial charge in [0.05, 0.1) is 17.5 Å². The van der Waals surface area contributed by atoms with E-state index < -0.39 is 15.9 Å². The number of fused-ring (bicyclic) bond motifs is 2. The first-order valence-electron chi connectivity index (χ1n) is 7.45. The zero-order valence-electron chi connectivity index (χ0n) is 13.4. The average Bonchev–Trinajstić information content (AvgIpc) is 2.95. The number of nitrogens with zero attached hydrogens (tertiary/aromatic N) is 2. The van der Waals surface area contributed by atoms with Crippen LogP contribution in [0.25, 0.3) is 10.2 Å². The molecule has 0 atom stereocenters. The lowest BCUT2D eigenvalue weighted by Gasteiger charge is -2.14. The molecule has 0 fully saturated rings. The van der Waals surface area contributed by atoms with Crippen LogP contribution in [0.1, 0.15) is 26.6 Å². The summed E-state index contributed by atoms with van der Waals surface area (Å²) in [5, 5.41) is 0.505. The second-order valence-corrected chi connectivity index (χ2v) is 8.82. The van der Waals surface area contributed by atoms with Gasteiger partial charge in [-0.25, -0.2) is 17.7 Å². The Morgan fingerprint density at radius 2 is 1.92 bits per heavy atom. The van der Waals surface area contributed by atoms with Gasteiger partial charge in [0.25, 0.3) is 21.5 Å². The largest absolute Gasteiger partial charge is 0.308 e. The lowest BCUT2D eigenvalue weighted by Crippen LogP contribution is -2.31. The molecule has 25 heavy (non-hydrogen) atoms. The van der Waals surface area contributed by atoms with E-state index in [9.17, 15) is 18.0 Å². The SMILES string of the molecule is Cc1sc2nc(CN3C(=O)c4ccccc4S3(=O)=O)[nH]c(=O)c2c1C. The van der Waals surface area contributed by atoms with Crippen molar-refractivity contribution >= 4 is 37.5 Å². The van der Waals surface area contributed by atoms with Crippen LogP contribution in [0.5, 0.6) is 0 Å². The summed E-state index contributed by atoms with van der Waals surface area (Å²) in [5.41, 5.74) is 0.662. The number of nitrogens with one attached hydrogen (secondary N) is 1. The Hall–Kier alpha value is -2.52. The number of aryl methyl sites for hydroxylation is 2. The highest BCUT2D eigenvalue weighted by Crippen LogP contribution is 2.31. The van der Waals surface area contributed by atoms with Crippen molar-refractivity contribution in [2.45, 2.75) is 25.3 Å². The normalized spacial score (nSPS) is 15.8. The van der Waals surface area contributed by atoms with Crippen molar-refractivity contribution in [3.8, 4) is 0 Å². The summed E-state index contributed by atoms with van der Waals surface area (Å²) in [6, 6.07) is 6.05. The van der Waals surface area contributed by atoms with Gasteiger partial charge in [-0.05, 0) is 31.5 Å². The molecule has 0 spiro atoms. The Bertz CT molecular complexity index is 1210. The summed E-state index contributed by atoms with van der Waals surface area (Å²) >= 11 is 1.37. The second-order valence-electron chi connectivity index (χ2n) is 5.79. The minimum Gasteiger partial charge on any atom is -0.308 e. The second kappa shape index (κ2) is 5.24. The zero-order chi connectivity index (χ0) is 17.9. The van der Waals surface area contributed by atoms with E-state index in [1.807, 2.05) is 13.8 Å². The van der Waals surface area contributed by atoms with Gasteiger partial charge in [-0.2, -0.15) is 0 Å². The molecule has 4 rings (SSSR count). The minimum absolute atomic E-state index is 0.0220. The van der Waals surface area contributed by atoms with Crippen LogP contribution in [0, 0.1) is 13.8 Å². The van der Waals surface area contributed by atoms with E-state index in [-0.39, 0.29) is 28.4 Å². The van der Waals surface area contributed by atoms with E-state index in [2.05, 4.69) is 9.97 Å². The molecular weight excluding hydrogens is 362 g/mol. The molecule has 9 heteroatoms. The molecule has 2 aromatic heterocycles. The van der Waals surface area contributed by atoms with Crippen molar-refractivity contribution in [2.24, 2.45) is 0 Å². The number of hydrogen-bond acceptors (Lipinski definition) is 6. The molecule has 0 aliphatic carbocycles. The van der Waals surface area contributed by atoms with Crippen LogP contribution in [-0.4, -0.2) is 28.6 Å². The molecule has 1 amide bonds. The third-order valence-electron chi connectivity index (χ3n) is 4.29. The van der Waals surface area contributed by atoms with Gasteiger partial charge in [0.15, 0.2) is 0 Å². The van der Waals surface area contributed by atoms with Crippen molar-refractivity contribution in [3.05, 3.63) is 56.4 Å². The molecule has 1 aliphatic heterocycles. The highest BCUT2D eigenvalue weighted by atomic mass is 32.2. The highest BCUT2D eigenvalue weighted by Gasteiger charge is 2.41. The number of H-pyrrole nitrogens is 1. The molecule has 3 heterocycles. The Balaban J connectivity index is 1.80. The van der Waals surface area contributed by atoms with Gasteiger partial charge in [-0.3, -0.25) is 9.59 Å². The molecule has 3 aromatic rings. The van der Waals surface area contributed by atoms with E-state index >= 15 is 0 Å². The predicted molar refractivity (Wildman–Crippen MR) is 93.2 cm³/mol. The number of sulfonamides is 1. The number of hydrogen-bond donors (Lipinski definition) is 1. The van der Waals surface area contributed by atoms with Crippen LogP contribution in [0.3, 0.4) is 0 Å². The van der Waals surface area contributed by atoms with Crippen molar-refractivity contribution in [2.75, 3.05) is 0 Å². The zero-order valence-corrected chi connectivity index (χ0v) is 15.0. The first-order valence-corrected chi connectivity index (χ1v) is 9.71. The van der Waals surface area contributed by atoms with Gasteiger partial charge in [-0.1, -0.05) is 12.1 Å². The maximum Gasteiger partial charge on any atom is 0.269 e. The fourth-order valence-corrected chi connectivity index (χ4v) is 5.48. The number of aromatic amines is 1. The molecule has 1 N–H and O–H groups in total. The predicted octanol–water partition coefficient (Wildman–Crippen LogP) is 1.95. The molecule has 1 aliphatic rings.